The Bertz CT molecular complexity index is 740. The highest BCUT2D eigenvalue weighted by atomic mass is 35.5. The second-order valence-electron chi connectivity index (χ2n) is 4.41. The van der Waals surface area contributed by atoms with Crippen LogP contribution >= 0.6 is 23.4 Å². The average molecular weight is 316 g/mol. The Morgan fingerprint density at radius 3 is 2.43 bits per heavy atom. The first-order valence-electron chi connectivity index (χ1n) is 6.21. The van der Waals surface area contributed by atoms with E-state index in [0.717, 1.165) is 4.90 Å². The second kappa shape index (κ2) is 5.76. The minimum absolute atomic E-state index is 0.0589. The lowest BCUT2D eigenvalue weighted by molar-refractivity contribution is -0.106. The number of benzene rings is 2. The number of anilines is 1. The molecule has 1 aliphatic heterocycles. The summed E-state index contributed by atoms with van der Waals surface area (Å²) >= 11 is 7.20. The molecule has 0 aliphatic carbocycles. The maximum absolute atomic E-state index is 12.3. The molecule has 0 fully saturated rings. The van der Waals surface area contributed by atoms with Crippen LogP contribution in [0.2, 0.25) is 5.02 Å². The van der Waals surface area contributed by atoms with Gasteiger partial charge in [0, 0.05) is 27.4 Å². The summed E-state index contributed by atoms with van der Waals surface area (Å²) in [4.78, 5) is 26.4. The van der Waals surface area contributed by atoms with E-state index in [0.29, 0.717) is 27.6 Å². The molecule has 3 rings (SSSR count). The smallest absolute Gasteiger partial charge is 0.218 e. The number of fused-ring (bicyclic) bond motifs is 1. The van der Waals surface area contributed by atoms with Crippen molar-refractivity contribution in [3.8, 4) is 0 Å². The molecule has 0 aromatic heterocycles. The summed E-state index contributed by atoms with van der Waals surface area (Å²) in [6.07, 6.45) is 2.23. The van der Waals surface area contributed by atoms with Crippen LogP contribution in [0.5, 0.6) is 0 Å². The van der Waals surface area contributed by atoms with Gasteiger partial charge in [-0.15, -0.1) is 0 Å². The molecular formula is C16H10ClNO2S. The fourth-order valence-electron chi connectivity index (χ4n) is 2.03. The molecule has 1 amide bonds. The molecule has 0 N–H and O–H groups in total. The van der Waals surface area contributed by atoms with Gasteiger partial charge in [-0.05, 0) is 36.4 Å². The van der Waals surface area contributed by atoms with Gasteiger partial charge in [-0.3, -0.25) is 14.5 Å². The van der Waals surface area contributed by atoms with Crippen molar-refractivity contribution >= 4 is 41.2 Å². The van der Waals surface area contributed by atoms with Crippen molar-refractivity contribution < 1.29 is 9.59 Å². The van der Waals surface area contributed by atoms with Crippen molar-refractivity contribution in [1.29, 1.82) is 0 Å². The fraction of sp³-hybridized carbons (Fsp3) is 0. The lowest BCUT2D eigenvalue weighted by Crippen LogP contribution is -2.14. The van der Waals surface area contributed by atoms with Crippen molar-refractivity contribution in [2.75, 3.05) is 4.90 Å². The minimum Gasteiger partial charge on any atom is -0.289 e. The van der Waals surface area contributed by atoms with Crippen molar-refractivity contribution in [3.63, 3.8) is 0 Å². The number of hydrogen-bond acceptors (Lipinski definition) is 3. The molecule has 0 radical (unpaired) electrons. The lowest BCUT2D eigenvalue weighted by atomic mass is 10.1. The topological polar surface area (TPSA) is 37.4 Å². The van der Waals surface area contributed by atoms with E-state index < -0.39 is 0 Å². The highest BCUT2D eigenvalue weighted by Crippen LogP contribution is 2.40. The zero-order chi connectivity index (χ0) is 14.8. The second-order valence-corrected chi connectivity index (χ2v) is 5.93. The van der Waals surface area contributed by atoms with Crippen molar-refractivity contribution in [2.45, 2.75) is 4.90 Å². The van der Waals surface area contributed by atoms with Crippen LogP contribution in [0.25, 0.3) is 0 Å². The van der Waals surface area contributed by atoms with E-state index in [2.05, 4.69) is 0 Å². The minimum atomic E-state index is -0.0589. The largest absolute Gasteiger partial charge is 0.289 e. The third-order valence-electron chi connectivity index (χ3n) is 3.07. The summed E-state index contributed by atoms with van der Waals surface area (Å²) in [5, 5.41) is 0.593. The first kappa shape index (κ1) is 13.9. The number of halogens is 1. The van der Waals surface area contributed by atoms with E-state index in [4.69, 9.17) is 11.6 Å². The van der Waals surface area contributed by atoms with Gasteiger partial charge >= 0.3 is 0 Å². The molecule has 0 atom stereocenters. The molecule has 1 aliphatic rings. The molecule has 0 saturated heterocycles. The van der Waals surface area contributed by atoms with Crippen LogP contribution in [-0.2, 0) is 4.79 Å². The fourth-order valence-corrected chi connectivity index (χ4v) is 3.18. The van der Waals surface area contributed by atoms with Gasteiger partial charge in [-0.25, -0.2) is 0 Å². The van der Waals surface area contributed by atoms with Crippen LogP contribution in [0.3, 0.4) is 0 Å². The van der Waals surface area contributed by atoms with E-state index in [-0.39, 0.29) is 5.78 Å². The molecule has 5 heteroatoms. The Kier molecular flexibility index (Phi) is 3.82. The van der Waals surface area contributed by atoms with E-state index in [1.54, 1.807) is 36.5 Å². The number of Topliss-reactive ketones (excluding diaryl/α,β-unsaturated/α-hetero) is 1. The summed E-state index contributed by atoms with van der Waals surface area (Å²) in [5.41, 5.74) is 1.34. The van der Waals surface area contributed by atoms with E-state index >= 15 is 0 Å². The third kappa shape index (κ3) is 2.73. The van der Waals surface area contributed by atoms with E-state index in [1.807, 2.05) is 18.2 Å². The van der Waals surface area contributed by atoms with Crippen LogP contribution in [0.1, 0.15) is 10.4 Å². The lowest BCUT2D eigenvalue weighted by Gasteiger charge is -2.13. The molecule has 0 bridgehead atoms. The van der Waals surface area contributed by atoms with Gasteiger partial charge in [-0.2, -0.15) is 0 Å². The summed E-state index contributed by atoms with van der Waals surface area (Å²) in [5.74, 6) is -0.0589. The van der Waals surface area contributed by atoms with Crippen LogP contribution in [0.4, 0.5) is 5.69 Å². The van der Waals surface area contributed by atoms with Gasteiger partial charge in [0.2, 0.25) is 12.2 Å². The van der Waals surface area contributed by atoms with Crippen LogP contribution in [0, 0.1) is 0 Å². The van der Waals surface area contributed by atoms with Gasteiger partial charge in [0.15, 0.2) is 0 Å². The summed E-state index contributed by atoms with van der Waals surface area (Å²) < 4.78 is 0. The Morgan fingerprint density at radius 1 is 1.05 bits per heavy atom. The summed E-state index contributed by atoms with van der Waals surface area (Å²) in [6.45, 7) is 0. The van der Waals surface area contributed by atoms with Crippen LogP contribution in [0.15, 0.2) is 64.5 Å². The maximum atomic E-state index is 12.3. The zero-order valence-corrected chi connectivity index (χ0v) is 12.4. The van der Waals surface area contributed by atoms with Crippen LogP contribution in [-0.4, -0.2) is 12.2 Å². The number of rotatable bonds is 3. The monoisotopic (exact) mass is 315 g/mol. The SMILES string of the molecule is O=CN(/C=C1\Sc2ccccc2C1=O)c1ccc(Cl)cc1. The molecule has 2 aromatic rings. The molecule has 0 unspecified atom stereocenters. The molecule has 21 heavy (non-hydrogen) atoms. The molecule has 104 valence electrons. The molecule has 2 aromatic carbocycles. The van der Waals surface area contributed by atoms with Gasteiger partial charge in [-0.1, -0.05) is 35.5 Å². The Balaban J connectivity index is 1.93. The molecular weight excluding hydrogens is 306 g/mol. The van der Waals surface area contributed by atoms with Gasteiger partial charge in [0.05, 0.1) is 4.91 Å². The normalized spacial score (nSPS) is 15.1. The maximum Gasteiger partial charge on any atom is 0.218 e. The highest BCUT2D eigenvalue weighted by Gasteiger charge is 2.26. The summed E-state index contributed by atoms with van der Waals surface area (Å²) in [7, 11) is 0. The number of thioether (sulfide) groups is 1. The predicted molar refractivity (Wildman–Crippen MR) is 84.7 cm³/mol. The number of carbonyl (C=O) groups excluding carboxylic acids is 2. The Morgan fingerprint density at radius 2 is 1.76 bits per heavy atom. The van der Waals surface area contributed by atoms with Crippen LogP contribution < -0.4 is 4.90 Å². The highest BCUT2D eigenvalue weighted by molar-refractivity contribution is 8.04. The third-order valence-corrected chi connectivity index (χ3v) is 4.41. The number of hydrogen-bond donors (Lipinski definition) is 0. The van der Waals surface area contributed by atoms with Crippen molar-refractivity contribution in [1.82, 2.24) is 0 Å². The predicted octanol–water partition coefficient (Wildman–Crippen LogP) is 4.13. The van der Waals surface area contributed by atoms with Crippen molar-refractivity contribution in [2.24, 2.45) is 0 Å². The van der Waals surface area contributed by atoms with Gasteiger partial charge in [0.1, 0.15) is 0 Å². The number of carbonyl (C=O) groups is 2. The van der Waals surface area contributed by atoms with Gasteiger partial charge < -0.3 is 0 Å². The first-order chi connectivity index (χ1) is 10.2. The van der Waals surface area contributed by atoms with E-state index in [9.17, 15) is 9.59 Å². The Hall–Kier alpha value is -2.04. The number of amides is 1. The Labute approximate surface area is 131 Å². The van der Waals surface area contributed by atoms with E-state index in [1.165, 1.54) is 16.7 Å². The zero-order valence-electron chi connectivity index (χ0n) is 10.8. The van der Waals surface area contributed by atoms with Crippen molar-refractivity contribution in [3.05, 3.63) is 70.2 Å². The average Bonchev–Trinajstić information content (AvgIpc) is 2.83. The molecule has 1 heterocycles. The number of ketones is 1. The quantitative estimate of drug-likeness (QED) is 0.631. The molecule has 0 saturated carbocycles. The standard InChI is InChI=1S/C16H10ClNO2S/c17-11-5-7-12(8-6-11)18(10-19)9-15-16(20)13-3-1-2-4-14(13)21-15/h1-10H/b15-9-. The number of allylic oxidation sites excluding steroid dienone is 1. The summed E-state index contributed by atoms with van der Waals surface area (Å²) in [6, 6.07) is 14.3. The number of nitrogens with zero attached hydrogens (tertiary/aromatic N) is 1. The first-order valence-corrected chi connectivity index (χ1v) is 7.41. The van der Waals surface area contributed by atoms with Gasteiger partial charge in [0.25, 0.3) is 0 Å². The molecule has 0 spiro atoms. The molecule has 3 nitrogen and oxygen atoms in total.